The number of morpholine rings is 1. The van der Waals surface area contributed by atoms with E-state index >= 15 is 0 Å². The zero-order valence-corrected chi connectivity index (χ0v) is 10.4. The Kier molecular flexibility index (Phi) is 4.09. The molecule has 17 heavy (non-hydrogen) atoms. The minimum atomic E-state index is -0.164. The molecule has 0 saturated carbocycles. The van der Waals surface area contributed by atoms with Crippen molar-refractivity contribution in [3.8, 4) is 0 Å². The molecule has 0 aliphatic carbocycles. The first-order valence-corrected chi connectivity index (χ1v) is 6.10. The van der Waals surface area contributed by atoms with Crippen LogP contribution in [0.25, 0.3) is 0 Å². The first-order valence-electron chi connectivity index (χ1n) is 6.10. The Morgan fingerprint density at radius 3 is 3.12 bits per heavy atom. The minimum absolute atomic E-state index is 0.0972. The number of rotatable bonds is 4. The molecule has 2 rings (SSSR count). The van der Waals surface area contributed by atoms with Crippen molar-refractivity contribution in [3.05, 3.63) is 11.7 Å². The van der Waals surface area contributed by atoms with Crippen LogP contribution in [0.2, 0.25) is 0 Å². The van der Waals surface area contributed by atoms with Gasteiger partial charge in [-0.3, -0.25) is 0 Å². The highest BCUT2D eigenvalue weighted by molar-refractivity contribution is 4.96. The summed E-state index contributed by atoms with van der Waals surface area (Å²) in [6.45, 7) is 4.51. The highest BCUT2D eigenvalue weighted by atomic mass is 16.5. The van der Waals surface area contributed by atoms with Gasteiger partial charge in [-0.25, -0.2) is 0 Å². The van der Waals surface area contributed by atoms with Crippen molar-refractivity contribution in [1.82, 2.24) is 15.0 Å². The molecule has 1 aromatic heterocycles. The van der Waals surface area contributed by atoms with E-state index < -0.39 is 0 Å². The molecule has 2 heterocycles. The molecule has 1 unspecified atom stereocenters. The Labute approximate surface area is 101 Å². The average Bonchev–Trinajstić information content (AvgIpc) is 2.78. The summed E-state index contributed by atoms with van der Waals surface area (Å²) in [5, 5.41) is 3.96. The molecule has 0 spiro atoms. The molecule has 1 aliphatic rings. The topological polar surface area (TPSA) is 77.4 Å². The lowest BCUT2D eigenvalue weighted by Gasteiger charge is -2.27. The summed E-state index contributed by atoms with van der Waals surface area (Å²) in [4.78, 5) is 6.52. The molecule has 6 nitrogen and oxygen atoms in total. The third-order valence-electron chi connectivity index (χ3n) is 2.93. The Balaban J connectivity index is 2.02. The van der Waals surface area contributed by atoms with E-state index in [1.54, 1.807) is 0 Å². The summed E-state index contributed by atoms with van der Waals surface area (Å²) in [6.07, 6.45) is 1.76. The first kappa shape index (κ1) is 12.5. The van der Waals surface area contributed by atoms with Gasteiger partial charge in [-0.05, 0) is 13.5 Å². The van der Waals surface area contributed by atoms with Gasteiger partial charge < -0.3 is 19.9 Å². The first-order chi connectivity index (χ1) is 8.20. The second-order valence-electron chi connectivity index (χ2n) is 4.51. The summed E-state index contributed by atoms with van der Waals surface area (Å²) in [5.74, 6) is 1.12. The molecule has 96 valence electrons. The summed E-state index contributed by atoms with van der Waals surface area (Å²) < 4.78 is 10.8. The fraction of sp³-hybridized carbons (Fsp3) is 0.818. The zero-order valence-electron chi connectivity index (χ0n) is 10.4. The standard InChI is InChI=1S/C11H20N4O2/c1-3-4-8(12)11-13-10(14-17-11)9-7-15(2)5-6-16-9/h8-9H,3-7,12H2,1-2H3/t8-,9?/m0/s1. The lowest BCUT2D eigenvalue weighted by molar-refractivity contribution is -0.0264. The predicted molar refractivity (Wildman–Crippen MR) is 62.3 cm³/mol. The number of nitrogens with two attached hydrogens (primary N) is 1. The Morgan fingerprint density at radius 1 is 1.59 bits per heavy atom. The summed E-state index contributed by atoms with van der Waals surface area (Å²) in [5.41, 5.74) is 5.93. The molecule has 0 bridgehead atoms. The summed E-state index contributed by atoms with van der Waals surface area (Å²) >= 11 is 0. The highest BCUT2D eigenvalue weighted by Crippen LogP contribution is 2.21. The third-order valence-corrected chi connectivity index (χ3v) is 2.93. The van der Waals surface area contributed by atoms with Gasteiger partial charge in [0.25, 0.3) is 0 Å². The summed E-state index contributed by atoms with van der Waals surface area (Å²) in [6, 6.07) is -0.164. The highest BCUT2D eigenvalue weighted by Gasteiger charge is 2.25. The van der Waals surface area contributed by atoms with Crippen molar-refractivity contribution in [3.63, 3.8) is 0 Å². The van der Waals surface area contributed by atoms with E-state index in [0.29, 0.717) is 18.3 Å². The Morgan fingerprint density at radius 2 is 2.41 bits per heavy atom. The van der Waals surface area contributed by atoms with Crippen molar-refractivity contribution in [1.29, 1.82) is 0 Å². The molecule has 2 atom stereocenters. The number of hydrogen-bond acceptors (Lipinski definition) is 6. The van der Waals surface area contributed by atoms with Crippen molar-refractivity contribution in [2.24, 2.45) is 5.73 Å². The van der Waals surface area contributed by atoms with E-state index in [9.17, 15) is 0 Å². The molecule has 1 aliphatic heterocycles. The van der Waals surface area contributed by atoms with Gasteiger partial charge in [-0.1, -0.05) is 18.5 Å². The third kappa shape index (κ3) is 3.02. The van der Waals surface area contributed by atoms with Crippen LogP contribution in [0.5, 0.6) is 0 Å². The fourth-order valence-electron chi connectivity index (χ4n) is 1.90. The average molecular weight is 240 g/mol. The van der Waals surface area contributed by atoms with Crippen molar-refractivity contribution < 1.29 is 9.26 Å². The number of likely N-dealkylation sites (N-methyl/N-ethyl adjacent to an activating group) is 1. The molecule has 0 aromatic carbocycles. The molecule has 0 radical (unpaired) electrons. The van der Waals surface area contributed by atoms with Crippen LogP contribution in [0, 0.1) is 0 Å². The van der Waals surface area contributed by atoms with E-state index in [0.717, 1.165) is 25.9 Å². The van der Waals surface area contributed by atoms with E-state index in [2.05, 4.69) is 29.0 Å². The van der Waals surface area contributed by atoms with Crippen LogP contribution >= 0.6 is 0 Å². The van der Waals surface area contributed by atoms with Crippen LogP contribution < -0.4 is 5.73 Å². The normalized spacial score (nSPS) is 23.8. The fourth-order valence-corrected chi connectivity index (χ4v) is 1.90. The van der Waals surface area contributed by atoms with Crippen LogP contribution in [0.4, 0.5) is 0 Å². The number of ether oxygens (including phenoxy) is 1. The largest absolute Gasteiger partial charge is 0.367 e. The second kappa shape index (κ2) is 5.57. The van der Waals surface area contributed by atoms with Gasteiger partial charge in [0.15, 0.2) is 0 Å². The van der Waals surface area contributed by atoms with E-state index in [1.807, 2.05) is 0 Å². The van der Waals surface area contributed by atoms with Crippen LogP contribution in [0.3, 0.4) is 0 Å². The molecule has 6 heteroatoms. The molecule has 0 amide bonds. The van der Waals surface area contributed by atoms with Gasteiger partial charge >= 0.3 is 0 Å². The monoisotopic (exact) mass is 240 g/mol. The van der Waals surface area contributed by atoms with Gasteiger partial charge in [-0.2, -0.15) is 4.98 Å². The Bertz CT molecular complexity index is 355. The molecule has 1 aromatic rings. The second-order valence-corrected chi connectivity index (χ2v) is 4.51. The van der Waals surface area contributed by atoms with Gasteiger partial charge in [-0.15, -0.1) is 0 Å². The maximum Gasteiger partial charge on any atom is 0.243 e. The molecule has 1 saturated heterocycles. The Hall–Kier alpha value is -0.980. The van der Waals surface area contributed by atoms with Crippen LogP contribution in [-0.2, 0) is 4.74 Å². The molecule has 2 N–H and O–H groups in total. The zero-order chi connectivity index (χ0) is 12.3. The summed E-state index contributed by atoms with van der Waals surface area (Å²) in [7, 11) is 2.05. The predicted octanol–water partition coefficient (Wildman–Crippen LogP) is 0.873. The number of aromatic nitrogens is 2. The van der Waals surface area contributed by atoms with Crippen molar-refractivity contribution in [2.45, 2.75) is 31.9 Å². The van der Waals surface area contributed by atoms with Gasteiger partial charge in [0.1, 0.15) is 6.10 Å². The molecule has 1 fully saturated rings. The molecular formula is C11H20N4O2. The maximum absolute atomic E-state index is 5.93. The van der Waals surface area contributed by atoms with E-state index in [4.69, 9.17) is 15.0 Å². The number of nitrogens with zero attached hydrogens (tertiary/aromatic N) is 3. The lowest BCUT2D eigenvalue weighted by Crippen LogP contribution is -2.35. The minimum Gasteiger partial charge on any atom is -0.367 e. The maximum atomic E-state index is 5.93. The smallest absolute Gasteiger partial charge is 0.243 e. The van der Waals surface area contributed by atoms with Crippen molar-refractivity contribution in [2.75, 3.05) is 26.7 Å². The van der Waals surface area contributed by atoms with Gasteiger partial charge in [0.2, 0.25) is 11.7 Å². The van der Waals surface area contributed by atoms with Gasteiger partial charge in [0, 0.05) is 13.1 Å². The SMILES string of the molecule is CCC[C@H](N)c1nc(C2CN(C)CCO2)no1. The lowest BCUT2D eigenvalue weighted by atomic mass is 10.2. The van der Waals surface area contributed by atoms with Crippen LogP contribution in [0.15, 0.2) is 4.52 Å². The van der Waals surface area contributed by atoms with Crippen LogP contribution in [-0.4, -0.2) is 41.8 Å². The van der Waals surface area contributed by atoms with Crippen molar-refractivity contribution >= 4 is 0 Å². The van der Waals surface area contributed by atoms with E-state index in [1.165, 1.54) is 0 Å². The van der Waals surface area contributed by atoms with Crippen LogP contribution in [0.1, 0.15) is 43.6 Å². The quantitative estimate of drug-likeness (QED) is 0.841. The number of hydrogen-bond donors (Lipinski definition) is 1. The molecular weight excluding hydrogens is 220 g/mol. The van der Waals surface area contributed by atoms with E-state index in [-0.39, 0.29) is 12.1 Å². The van der Waals surface area contributed by atoms with Gasteiger partial charge in [0.05, 0.1) is 12.6 Å².